The summed E-state index contributed by atoms with van der Waals surface area (Å²) in [7, 11) is 0. The van der Waals surface area contributed by atoms with Gasteiger partial charge in [0.05, 0.1) is 5.41 Å². The Morgan fingerprint density at radius 2 is 1.78 bits per heavy atom. The molecule has 2 rings (SSSR count). The third-order valence-corrected chi connectivity index (χ3v) is 4.66. The number of aliphatic carboxylic acids is 1. The lowest BCUT2D eigenvalue weighted by Crippen LogP contribution is -2.52. The molecule has 2 saturated carbocycles. The van der Waals surface area contributed by atoms with E-state index >= 15 is 0 Å². The van der Waals surface area contributed by atoms with Crippen molar-refractivity contribution >= 4 is 11.9 Å². The minimum Gasteiger partial charge on any atom is -0.481 e. The van der Waals surface area contributed by atoms with Gasteiger partial charge in [0, 0.05) is 19.5 Å². The molecule has 0 bridgehead atoms. The molecule has 0 aliphatic heterocycles. The van der Waals surface area contributed by atoms with E-state index in [2.05, 4.69) is 0 Å². The zero-order valence-corrected chi connectivity index (χ0v) is 11.2. The van der Waals surface area contributed by atoms with Crippen LogP contribution in [0.5, 0.6) is 0 Å². The largest absolute Gasteiger partial charge is 0.481 e. The van der Waals surface area contributed by atoms with Crippen LogP contribution in [0.25, 0.3) is 0 Å². The fraction of sp³-hybridized carbons (Fsp3) is 0.857. The normalized spacial score (nSPS) is 23.2. The van der Waals surface area contributed by atoms with Crippen LogP contribution in [0.4, 0.5) is 0 Å². The minimum absolute atomic E-state index is 0.0365. The van der Waals surface area contributed by atoms with Gasteiger partial charge in [-0.2, -0.15) is 0 Å². The Bertz CT molecular complexity index is 330. The molecule has 0 saturated heterocycles. The fourth-order valence-electron chi connectivity index (χ4n) is 3.26. The number of hydrogen-bond acceptors (Lipinski definition) is 2. The molecule has 4 heteroatoms. The van der Waals surface area contributed by atoms with Crippen LogP contribution < -0.4 is 0 Å². The van der Waals surface area contributed by atoms with Crippen molar-refractivity contribution in [2.24, 2.45) is 5.41 Å². The Hall–Kier alpha value is -1.06. The monoisotopic (exact) mass is 253 g/mol. The van der Waals surface area contributed by atoms with E-state index < -0.39 is 11.4 Å². The first-order valence-corrected chi connectivity index (χ1v) is 7.06. The highest BCUT2D eigenvalue weighted by Crippen LogP contribution is 2.42. The van der Waals surface area contributed by atoms with Crippen molar-refractivity contribution in [2.45, 2.75) is 64.3 Å². The van der Waals surface area contributed by atoms with Crippen LogP contribution in [0.1, 0.15) is 58.3 Å². The van der Waals surface area contributed by atoms with E-state index in [0.29, 0.717) is 6.54 Å². The van der Waals surface area contributed by atoms with Gasteiger partial charge in [0.1, 0.15) is 0 Å². The van der Waals surface area contributed by atoms with Crippen molar-refractivity contribution in [3.8, 4) is 0 Å². The van der Waals surface area contributed by atoms with E-state index in [9.17, 15) is 14.7 Å². The average Bonchev–Trinajstić information content (AvgIpc) is 2.28. The van der Waals surface area contributed by atoms with Crippen LogP contribution in [0.15, 0.2) is 0 Å². The lowest BCUT2D eigenvalue weighted by Gasteiger charge is -2.44. The standard InChI is InChI=1S/C14H23NO3/c1-11(16)15(12-6-3-2-4-7-12)10-14(13(17)18)8-5-9-14/h12H,2-10H2,1H3,(H,17,18). The highest BCUT2D eigenvalue weighted by Gasteiger charge is 2.47. The highest BCUT2D eigenvalue weighted by atomic mass is 16.4. The molecule has 0 atom stereocenters. The number of carbonyl (C=O) groups excluding carboxylic acids is 1. The molecule has 18 heavy (non-hydrogen) atoms. The van der Waals surface area contributed by atoms with Gasteiger partial charge in [0.2, 0.25) is 5.91 Å². The Morgan fingerprint density at radius 3 is 2.17 bits per heavy atom. The molecule has 2 aliphatic carbocycles. The Labute approximate surface area is 108 Å². The second kappa shape index (κ2) is 5.29. The summed E-state index contributed by atoms with van der Waals surface area (Å²) in [5, 5.41) is 9.37. The number of amides is 1. The van der Waals surface area contributed by atoms with Crippen LogP contribution in [0, 0.1) is 5.41 Å². The first-order valence-electron chi connectivity index (χ1n) is 7.06. The lowest BCUT2D eigenvalue weighted by molar-refractivity contribution is -0.158. The number of hydrogen-bond donors (Lipinski definition) is 1. The second-order valence-corrected chi connectivity index (χ2v) is 5.88. The quantitative estimate of drug-likeness (QED) is 0.837. The van der Waals surface area contributed by atoms with Gasteiger partial charge in [-0.05, 0) is 25.7 Å². The van der Waals surface area contributed by atoms with E-state index in [-0.39, 0.29) is 11.9 Å². The summed E-state index contributed by atoms with van der Waals surface area (Å²) in [4.78, 5) is 25.1. The first-order chi connectivity index (χ1) is 8.55. The van der Waals surface area contributed by atoms with Crippen molar-refractivity contribution < 1.29 is 14.7 Å². The first kappa shape index (κ1) is 13.4. The van der Waals surface area contributed by atoms with Gasteiger partial charge in [-0.25, -0.2) is 0 Å². The Morgan fingerprint density at radius 1 is 1.17 bits per heavy atom. The van der Waals surface area contributed by atoms with Crippen LogP contribution in [-0.2, 0) is 9.59 Å². The van der Waals surface area contributed by atoms with Gasteiger partial charge in [0.25, 0.3) is 0 Å². The highest BCUT2D eigenvalue weighted by molar-refractivity contribution is 5.78. The van der Waals surface area contributed by atoms with Gasteiger partial charge < -0.3 is 10.0 Å². The lowest BCUT2D eigenvalue weighted by atomic mass is 9.68. The molecule has 2 fully saturated rings. The van der Waals surface area contributed by atoms with Crippen molar-refractivity contribution in [3.05, 3.63) is 0 Å². The average molecular weight is 253 g/mol. The molecule has 4 nitrogen and oxygen atoms in total. The molecule has 0 aromatic carbocycles. The Kier molecular flexibility index (Phi) is 3.93. The third kappa shape index (κ3) is 2.52. The summed E-state index contributed by atoms with van der Waals surface area (Å²) in [6.45, 7) is 1.99. The maximum atomic E-state index is 11.8. The molecule has 0 aromatic heterocycles. The molecular weight excluding hydrogens is 230 g/mol. The number of nitrogens with zero attached hydrogens (tertiary/aromatic N) is 1. The molecule has 1 N–H and O–H groups in total. The van der Waals surface area contributed by atoms with Gasteiger partial charge in [-0.1, -0.05) is 25.7 Å². The third-order valence-electron chi connectivity index (χ3n) is 4.66. The van der Waals surface area contributed by atoms with E-state index in [1.807, 2.05) is 4.90 Å². The van der Waals surface area contributed by atoms with E-state index in [1.165, 1.54) is 6.42 Å². The summed E-state index contributed by atoms with van der Waals surface area (Å²) >= 11 is 0. The smallest absolute Gasteiger partial charge is 0.311 e. The maximum absolute atomic E-state index is 11.8. The molecular formula is C14H23NO3. The topological polar surface area (TPSA) is 57.6 Å². The molecule has 1 amide bonds. The minimum atomic E-state index is -0.726. The summed E-state index contributed by atoms with van der Waals surface area (Å²) in [5.74, 6) is -0.690. The summed E-state index contributed by atoms with van der Waals surface area (Å²) in [6, 6.07) is 0.271. The molecule has 0 heterocycles. The van der Waals surface area contributed by atoms with Crippen molar-refractivity contribution in [1.82, 2.24) is 4.90 Å². The Balaban J connectivity index is 2.05. The molecule has 2 aliphatic rings. The SMILES string of the molecule is CC(=O)N(CC1(C(=O)O)CCC1)C1CCCCC1. The molecule has 0 aromatic rings. The molecule has 0 spiro atoms. The summed E-state index contributed by atoms with van der Waals surface area (Å²) in [5.41, 5.74) is -0.650. The predicted octanol–water partition coefficient (Wildman–Crippen LogP) is 2.42. The summed E-state index contributed by atoms with van der Waals surface area (Å²) in [6.07, 6.45) is 8.06. The second-order valence-electron chi connectivity index (χ2n) is 5.88. The van der Waals surface area contributed by atoms with Crippen LogP contribution >= 0.6 is 0 Å². The van der Waals surface area contributed by atoms with Gasteiger partial charge >= 0.3 is 5.97 Å². The number of carbonyl (C=O) groups is 2. The zero-order chi connectivity index (χ0) is 13.2. The number of carboxylic acids is 1. The predicted molar refractivity (Wildman–Crippen MR) is 68.2 cm³/mol. The van der Waals surface area contributed by atoms with Gasteiger partial charge in [-0.15, -0.1) is 0 Å². The molecule has 0 radical (unpaired) electrons. The van der Waals surface area contributed by atoms with E-state index in [4.69, 9.17) is 0 Å². The van der Waals surface area contributed by atoms with Crippen LogP contribution in [-0.4, -0.2) is 34.5 Å². The van der Waals surface area contributed by atoms with Crippen LogP contribution in [0.3, 0.4) is 0 Å². The van der Waals surface area contributed by atoms with Crippen molar-refractivity contribution in [3.63, 3.8) is 0 Å². The van der Waals surface area contributed by atoms with E-state index in [1.54, 1.807) is 6.92 Å². The number of rotatable bonds is 4. The van der Waals surface area contributed by atoms with Gasteiger partial charge in [0.15, 0.2) is 0 Å². The van der Waals surface area contributed by atoms with Crippen molar-refractivity contribution in [2.75, 3.05) is 6.54 Å². The molecule has 102 valence electrons. The van der Waals surface area contributed by atoms with E-state index in [0.717, 1.165) is 44.9 Å². The van der Waals surface area contributed by atoms with Crippen LogP contribution in [0.2, 0.25) is 0 Å². The zero-order valence-electron chi connectivity index (χ0n) is 11.2. The molecule has 0 unspecified atom stereocenters. The van der Waals surface area contributed by atoms with Gasteiger partial charge in [-0.3, -0.25) is 9.59 Å². The fourth-order valence-corrected chi connectivity index (χ4v) is 3.26. The van der Waals surface area contributed by atoms with Crippen molar-refractivity contribution in [1.29, 1.82) is 0 Å². The summed E-state index contributed by atoms with van der Waals surface area (Å²) < 4.78 is 0. The number of carboxylic acid groups (broad SMARTS) is 1. The maximum Gasteiger partial charge on any atom is 0.311 e.